The van der Waals surface area contributed by atoms with Crippen molar-refractivity contribution in [2.75, 3.05) is 37.6 Å². The van der Waals surface area contributed by atoms with Crippen LogP contribution in [0.1, 0.15) is 19.3 Å². The first-order valence-corrected chi connectivity index (χ1v) is 7.76. The molecular weight excluding hydrogens is 288 g/mol. The van der Waals surface area contributed by atoms with Crippen LogP contribution in [0.4, 0.5) is 5.69 Å². The molecule has 0 radical (unpaired) electrons. The van der Waals surface area contributed by atoms with Crippen LogP contribution in [-0.4, -0.2) is 48.7 Å². The second-order valence-electron chi connectivity index (χ2n) is 5.36. The average Bonchev–Trinajstić information content (AvgIpc) is 2.52. The highest BCUT2D eigenvalue weighted by atomic mass is 35.5. The molecule has 6 heteroatoms. The van der Waals surface area contributed by atoms with Crippen LogP contribution in [0.3, 0.4) is 0 Å². The molecule has 1 aliphatic rings. The van der Waals surface area contributed by atoms with E-state index in [0.29, 0.717) is 12.3 Å². The number of anilines is 1. The van der Waals surface area contributed by atoms with Crippen molar-refractivity contribution >= 4 is 23.1 Å². The molecule has 0 bridgehead atoms. The van der Waals surface area contributed by atoms with Crippen molar-refractivity contribution in [1.82, 2.24) is 4.90 Å². The van der Waals surface area contributed by atoms with Crippen molar-refractivity contribution < 1.29 is 5.21 Å². The number of hydrogen-bond donors (Lipinski definition) is 2. The van der Waals surface area contributed by atoms with Gasteiger partial charge in [-0.25, -0.2) is 0 Å². The number of nitrogens with zero attached hydrogens (tertiary/aromatic N) is 3. The van der Waals surface area contributed by atoms with Crippen LogP contribution in [-0.2, 0) is 0 Å². The molecule has 1 aromatic carbocycles. The molecule has 116 valence electrons. The molecule has 0 saturated carbocycles. The lowest BCUT2D eigenvalue weighted by Crippen LogP contribution is -2.46. The van der Waals surface area contributed by atoms with Gasteiger partial charge in [-0.15, -0.1) is 0 Å². The first-order valence-electron chi connectivity index (χ1n) is 7.38. The van der Waals surface area contributed by atoms with Crippen molar-refractivity contribution in [2.45, 2.75) is 19.3 Å². The second-order valence-corrected chi connectivity index (χ2v) is 5.79. The third kappa shape index (κ3) is 5.10. The summed E-state index contributed by atoms with van der Waals surface area (Å²) < 4.78 is 0. The van der Waals surface area contributed by atoms with Crippen molar-refractivity contribution in [1.29, 1.82) is 0 Å². The fourth-order valence-electron chi connectivity index (χ4n) is 2.59. The zero-order valence-corrected chi connectivity index (χ0v) is 13.0. The molecule has 1 fully saturated rings. The standard InChI is InChI=1S/C15H23ClN4O/c16-13-4-3-5-14(12-13)20-10-8-19(9-11-20)7-2-1-6-15(17)18-21/h3-5,12,21H,1-2,6-11H2,(H2,17,18). The van der Waals surface area contributed by atoms with E-state index in [1.807, 2.05) is 18.2 Å². The molecule has 2 rings (SSSR count). The van der Waals surface area contributed by atoms with E-state index in [-0.39, 0.29) is 0 Å². The van der Waals surface area contributed by atoms with Gasteiger partial charge in [0.1, 0.15) is 5.84 Å². The molecule has 1 heterocycles. The van der Waals surface area contributed by atoms with Gasteiger partial charge in [0, 0.05) is 43.3 Å². The largest absolute Gasteiger partial charge is 0.409 e. The second kappa shape index (κ2) is 8.10. The van der Waals surface area contributed by atoms with Crippen LogP contribution in [0.2, 0.25) is 5.02 Å². The van der Waals surface area contributed by atoms with Gasteiger partial charge in [0.05, 0.1) is 0 Å². The van der Waals surface area contributed by atoms with Gasteiger partial charge in [0.2, 0.25) is 0 Å². The Morgan fingerprint density at radius 2 is 2.00 bits per heavy atom. The molecule has 0 unspecified atom stereocenters. The zero-order valence-electron chi connectivity index (χ0n) is 12.2. The number of nitrogens with two attached hydrogens (primary N) is 1. The molecule has 0 aromatic heterocycles. The van der Waals surface area contributed by atoms with E-state index in [0.717, 1.165) is 50.6 Å². The van der Waals surface area contributed by atoms with E-state index in [9.17, 15) is 0 Å². The summed E-state index contributed by atoms with van der Waals surface area (Å²) >= 11 is 6.04. The molecule has 5 nitrogen and oxygen atoms in total. The van der Waals surface area contributed by atoms with Crippen molar-refractivity contribution in [3.05, 3.63) is 29.3 Å². The molecule has 0 amide bonds. The van der Waals surface area contributed by atoms with Crippen LogP contribution in [0.15, 0.2) is 29.4 Å². The van der Waals surface area contributed by atoms with E-state index < -0.39 is 0 Å². The van der Waals surface area contributed by atoms with Gasteiger partial charge in [-0.3, -0.25) is 4.90 Å². The predicted octanol–water partition coefficient (Wildman–Crippen LogP) is 2.38. The third-order valence-electron chi connectivity index (χ3n) is 3.83. The number of benzene rings is 1. The Hall–Kier alpha value is -1.46. The highest BCUT2D eigenvalue weighted by Gasteiger charge is 2.16. The van der Waals surface area contributed by atoms with Gasteiger partial charge < -0.3 is 15.8 Å². The molecule has 21 heavy (non-hydrogen) atoms. The summed E-state index contributed by atoms with van der Waals surface area (Å²) in [6.45, 7) is 5.26. The fourth-order valence-corrected chi connectivity index (χ4v) is 2.78. The van der Waals surface area contributed by atoms with Gasteiger partial charge in [-0.05, 0) is 37.6 Å². The molecule has 1 saturated heterocycles. The Kier molecular flexibility index (Phi) is 6.14. The Balaban J connectivity index is 1.69. The normalized spacial score (nSPS) is 17.2. The summed E-state index contributed by atoms with van der Waals surface area (Å²) in [6.07, 6.45) is 2.71. The number of piperazine rings is 1. The molecule has 3 N–H and O–H groups in total. The predicted molar refractivity (Wildman–Crippen MR) is 87.4 cm³/mol. The highest BCUT2D eigenvalue weighted by Crippen LogP contribution is 2.20. The van der Waals surface area contributed by atoms with E-state index in [2.05, 4.69) is 21.0 Å². The molecule has 1 aromatic rings. The summed E-state index contributed by atoms with van der Waals surface area (Å²) in [6, 6.07) is 8.03. The minimum atomic E-state index is 0.320. The highest BCUT2D eigenvalue weighted by molar-refractivity contribution is 6.30. The third-order valence-corrected chi connectivity index (χ3v) is 4.07. The van der Waals surface area contributed by atoms with E-state index in [1.165, 1.54) is 5.69 Å². The smallest absolute Gasteiger partial charge is 0.139 e. The number of amidine groups is 1. The van der Waals surface area contributed by atoms with Crippen LogP contribution in [0.5, 0.6) is 0 Å². The van der Waals surface area contributed by atoms with Gasteiger partial charge in [0.25, 0.3) is 0 Å². The molecule has 0 aliphatic carbocycles. The Morgan fingerprint density at radius 1 is 1.24 bits per heavy atom. The van der Waals surface area contributed by atoms with Gasteiger partial charge in [-0.2, -0.15) is 0 Å². The Bertz CT molecular complexity index is 472. The van der Waals surface area contributed by atoms with Crippen LogP contribution in [0.25, 0.3) is 0 Å². The zero-order chi connectivity index (χ0) is 15.1. The average molecular weight is 311 g/mol. The van der Waals surface area contributed by atoms with Crippen LogP contribution >= 0.6 is 11.6 Å². The van der Waals surface area contributed by atoms with Gasteiger partial charge >= 0.3 is 0 Å². The Morgan fingerprint density at radius 3 is 2.67 bits per heavy atom. The maximum absolute atomic E-state index is 8.48. The van der Waals surface area contributed by atoms with Crippen molar-refractivity contribution in [3.8, 4) is 0 Å². The summed E-state index contributed by atoms with van der Waals surface area (Å²) in [5.74, 6) is 0.320. The van der Waals surface area contributed by atoms with E-state index >= 15 is 0 Å². The molecule has 1 aliphatic heterocycles. The minimum Gasteiger partial charge on any atom is -0.409 e. The number of halogens is 1. The lowest BCUT2D eigenvalue weighted by atomic mass is 10.2. The molecular formula is C15H23ClN4O. The minimum absolute atomic E-state index is 0.320. The lowest BCUT2D eigenvalue weighted by Gasteiger charge is -2.36. The lowest BCUT2D eigenvalue weighted by molar-refractivity contribution is 0.253. The Labute approximate surface area is 131 Å². The number of oxime groups is 1. The quantitative estimate of drug-likeness (QED) is 0.278. The summed E-state index contributed by atoms with van der Waals surface area (Å²) in [5, 5.41) is 12.3. The number of rotatable bonds is 6. The number of unbranched alkanes of at least 4 members (excludes halogenated alkanes) is 1. The summed E-state index contributed by atoms with van der Waals surface area (Å²) in [4.78, 5) is 4.84. The first kappa shape index (κ1) is 15.9. The van der Waals surface area contributed by atoms with Crippen molar-refractivity contribution in [2.24, 2.45) is 10.9 Å². The first-order chi connectivity index (χ1) is 10.2. The summed E-state index contributed by atoms with van der Waals surface area (Å²) in [5.41, 5.74) is 6.66. The fraction of sp³-hybridized carbons (Fsp3) is 0.533. The van der Waals surface area contributed by atoms with E-state index in [4.69, 9.17) is 22.5 Å². The van der Waals surface area contributed by atoms with Gasteiger partial charge in [0.15, 0.2) is 0 Å². The molecule has 0 atom stereocenters. The maximum atomic E-state index is 8.48. The van der Waals surface area contributed by atoms with Crippen LogP contribution in [0, 0.1) is 0 Å². The van der Waals surface area contributed by atoms with Crippen molar-refractivity contribution in [3.63, 3.8) is 0 Å². The maximum Gasteiger partial charge on any atom is 0.139 e. The monoisotopic (exact) mass is 310 g/mol. The van der Waals surface area contributed by atoms with E-state index in [1.54, 1.807) is 0 Å². The summed E-state index contributed by atoms with van der Waals surface area (Å²) in [7, 11) is 0. The number of hydrogen-bond acceptors (Lipinski definition) is 4. The van der Waals surface area contributed by atoms with Crippen LogP contribution < -0.4 is 10.6 Å². The molecule has 0 spiro atoms. The SMILES string of the molecule is NC(CCCCN1CCN(c2cccc(Cl)c2)CC1)=NO. The van der Waals surface area contributed by atoms with Gasteiger partial charge in [-0.1, -0.05) is 22.8 Å². The topological polar surface area (TPSA) is 65.1 Å².